The van der Waals surface area contributed by atoms with Crippen LogP contribution in [0.1, 0.15) is 31.2 Å². The van der Waals surface area contributed by atoms with Gasteiger partial charge in [-0.05, 0) is 32.2 Å². The van der Waals surface area contributed by atoms with Crippen molar-refractivity contribution >= 4 is 0 Å². The van der Waals surface area contributed by atoms with Crippen molar-refractivity contribution in [1.29, 1.82) is 0 Å². The second-order valence-corrected chi connectivity index (χ2v) is 6.18. The fourth-order valence-electron chi connectivity index (χ4n) is 3.47. The van der Waals surface area contributed by atoms with Gasteiger partial charge in [-0.1, -0.05) is 30.3 Å². The van der Waals surface area contributed by atoms with Gasteiger partial charge in [-0.3, -0.25) is 9.58 Å². The highest BCUT2D eigenvalue weighted by atomic mass is 16.2. The van der Waals surface area contributed by atoms with Crippen molar-refractivity contribution in [1.82, 2.24) is 14.7 Å². The Labute approximate surface area is 132 Å². The standard InChI is InChI=1S/C18H25N3O/c1-20-13-16(18(19-20)15-7-3-2-4-8-15)14-21-11-5-9-17(21)10-6-12-22/h2-4,7-8,13,17,22H,5-6,9-12,14H2,1H3. The number of aromatic nitrogens is 2. The first-order chi connectivity index (χ1) is 10.8. The summed E-state index contributed by atoms with van der Waals surface area (Å²) in [5.74, 6) is 0. The SMILES string of the molecule is Cn1cc(CN2CCCC2CCCO)c(-c2ccccc2)n1. The van der Waals surface area contributed by atoms with Gasteiger partial charge in [0.1, 0.15) is 0 Å². The topological polar surface area (TPSA) is 41.3 Å². The van der Waals surface area contributed by atoms with E-state index in [1.165, 1.54) is 24.0 Å². The van der Waals surface area contributed by atoms with Crippen LogP contribution in [0.2, 0.25) is 0 Å². The lowest BCUT2D eigenvalue weighted by Gasteiger charge is -2.24. The van der Waals surface area contributed by atoms with Crippen LogP contribution in [-0.4, -0.2) is 39.0 Å². The van der Waals surface area contributed by atoms with E-state index in [2.05, 4.69) is 40.5 Å². The summed E-state index contributed by atoms with van der Waals surface area (Å²) >= 11 is 0. The molecular weight excluding hydrogens is 274 g/mol. The molecule has 2 aromatic rings. The van der Waals surface area contributed by atoms with Crippen molar-refractivity contribution < 1.29 is 5.11 Å². The predicted molar refractivity (Wildman–Crippen MR) is 88.4 cm³/mol. The first kappa shape index (κ1) is 15.3. The van der Waals surface area contributed by atoms with Crippen LogP contribution in [0.4, 0.5) is 0 Å². The van der Waals surface area contributed by atoms with E-state index >= 15 is 0 Å². The molecule has 1 aromatic heterocycles. The van der Waals surface area contributed by atoms with Crippen LogP contribution in [0.15, 0.2) is 36.5 Å². The van der Waals surface area contributed by atoms with Gasteiger partial charge in [0.25, 0.3) is 0 Å². The van der Waals surface area contributed by atoms with Gasteiger partial charge in [0.05, 0.1) is 5.69 Å². The molecule has 0 bridgehead atoms. The normalized spacial score (nSPS) is 18.9. The second-order valence-electron chi connectivity index (χ2n) is 6.18. The molecule has 0 radical (unpaired) electrons. The third-order valence-electron chi connectivity index (χ3n) is 4.52. The monoisotopic (exact) mass is 299 g/mol. The molecule has 118 valence electrons. The van der Waals surface area contributed by atoms with Gasteiger partial charge in [-0.15, -0.1) is 0 Å². The van der Waals surface area contributed by atoms with E-state index in [1.807, 2.05) is 17.8 Å². The highest BCUT2D eigenvalue weighted by Gasteiger charge is 2.25. The molecule has 1 saturated heterocycles. The summed E-state index contributed by atoms with van der Waals surface area (Å²) in [7, 11) is 1.99. The van der Waals surface area contributed by atoms with E-state index in [1.54, 1.807) is 0 Å². The lowest BCUT2D eigenvalue weighted by molar-refractivity contribution is 0.210. The smallest absolute Gasteiger partial charge is 0.0968 e. The van der Waals surface area contributed by atoms with Gasteiger partial charge >= 0.3 is 0 Å². The van der Waals surface area contributed by atoms with Crippen LogP contribution in [0.5, 0.6) is 0 Å². The molecule has 4 nitrogen and oxygen atoms in total. The summed E-state index contributed by atoms with van der Waals surface area (Å²) in [5, 5.41) is 13.7. The van der Waals surface area contributed by atoms with Crippen LogP contribution in [0.25, 0.3) is 11.3 Å². The second kappa shape index (κ2) is 7.07. The highest BCUT2D eigenvalue weighted by molar-refractivity contribution is 5.62. The molecule has 1 atom stereocenters. The van der Waals surface area contributed by atoms with Gasteiger partial charge in [-0.2, -0.15) is 5.10 Å². The van der Waals surface area contributed by atoms with Crippen LogP contribution in [0, 0.1) is 0 Å². The average molecular weight is 299 g/mol. The number of hydrogen-bond acceptors (Lipinski definition) is 3. The molecule has 1 fully saturated rings. The first-order valence-corrected chi connectivity index (χ1v) is 8.21. The molecule has 0 amide bonds. The molecule has 2 heterocycles. The van der Waals surface area contributed by atoms with Crippen molar-refractivity contribution in [3.05, 3.63) is 42.1 Å². The zero-order valence-corrected chi connectivity index (χ0v) is 13.3. The lowest BCUT2D eigenvalue weighted by Crippen LogP contribution is -2.29. The Morgan fingerprint density at radius 2 is 2.09 bits per heavy atom. The summed E-state index contributed by atoms with van der Waals surface area (Å²) in [5.41, 5.74) is 3.57. The van der Waals surface area contributed by atoms with Crippen molar-refractivity contribution in [3.63, 3.8) is 0 Å². The Kier molecular flexibility index (Phi) is 4.90. The van der Waals surface area contributed by atoms with Crippen molar-refractivity contribution in [2.45, 2.75) is 38.3 Å². The quantitative estimate of drug-likeness (QED) is 0.892. The molecule has 1 aliphatic rings. The summed E-state index contributed by atoms with van der Waals surface area (Å²) in [6.45, 7) is 2.40. The number of hydrogen-bond donors (Lipinski definition) is 1. The minimum Gasteiger partial charge on any atom is -0.396 e. The number of likely N-dealkylation sites (tertiary alicyclic amines) is 1. The van der Waals surface area contributed by atoms with E-state index in [0.29, 0.717) is 12.6 Å². The molecule has 22 heavy (non-hydrogen) atoms. The van der Waals surface area contributed by atoms with E-state index < -0.39 is 0 Å². The van der Waals surface area contributed by atoms with Gasteiger partial charge in [0.15, 0.2) is 0 Å². The molecule has 0 aliphatic carbocycles. The summed E-state index contributed by atoms with van der Waals surface area (Å²) in [6.07, 6.45) is 6.65. The highest BCUT2D eigenvalue weighted by Crippen LogP contribution is 2.27. The minimum absolute atomic E-state index is 0.298. The number of rotatable bonds is 6. The number of aliphatic hydroxyl groups excluding tert-OH is 1. The van der Waals surface area contributed by atoms with Crippen LogP contribution in [-0.2, 0) is 13.6 Å². The molecule has 1 unspecified atom stereocenters. The van der Waals surface area contributed by atoms with Gasteiger partial charge in [0, 0.05) is 43.6 Å². The molecule has 1 aromatic carbocycles. The number of aryl methyl sites for hydroxylation is 1. The van der Waals surface area contributed by atoms with E-state index in [-0.39, 0.29) is 0 Å². The van der Waals surface area contributed by atoms with Gasteiger partial charge in [0.2, 0.25) is 0 Å². The summed E-state index contributed by atoms with van der Waals surface area (Å²) in [6, 6.07) is 11.0. The minimum atomic E-state index is 0.298. The first-order valence-electron chi connectivity index (χ1n) is 8.21. The van der Waals surface area contributed by atoms with E-state index in [9.17, 15) is 0 Å². The summed E-state index contributed by atoms with van der Waals surface area (Å²) < 4.78 is 1.91. The number of nitrogens with zero attached hydrogens (tertiary/aromatic N) is 3. The molecular formula is C18H25N3O. The lowest BCUT2D eigenvalue weighted by atomic mass is 10.1. The van der Waals surface area contributed by atoms with Crippen molar-refractivity contribution in [2.24, 2.45) is 7.05 Å². The Morgan fingerprint density at radius 3 is 2.86 bits per heavy atom. The Balaban J connectivity index is 1.78. The Morgan fingerprint density at radius 1 is 1.27 bits per heavy atom. The molecule has 3 rings (SSSR count). The maximum atomic E-state index is 9.07. The van der Waals surface area contributed by atoms with Gasteiger partial charge in [-0.25, -0.2) is 0 Å². The molecule has 0 saturated carbocycles. The fraction of sp³-hybridized carbons (Fsp3) is 0.500. The van der Waals surface area contributed by atoms with Crippen LogP contribution >= 0.6 is 0 Å². The Bertz CT molecular complexity index is 594. The maximum Gasteiger partial charge on any atom is 0.0968 e. The molecule has 1 N–H and O–H groups in total. The zero-order chi connectivity index (χ0) is 15.4. The largest absolute Gasteiger partial charge is 0.396 e. The maximum absolute atomic E-state index is 9.07. The Hall–Kier alpha value is -1.65. The molecule has 1 aliphatic heterocycles. The third-order valence-corrected chi connectivity index (χ3v) is 4.52. The predicted octanol–water partition coefficient (Wildman–Crippen LogP) is 2.82. The fourth-order valence-corrected chi connectivity index (χ4v) is 3.47. The molecule has 0 spiro atoms. The van der Waals surface area contributed by atoms with Crippen molar-refractivity contribution in [3.8, 4) is 11.3 Å². The third kappa shape index (κ3) is 3.39. The molecule has 4 heteroatoms. The van der Waals surface area contributed by atoms with Gasteiger partial charge < -0.3 is 5.11 Å². The number of aliphatic hydroxyl groups is 1. The zero-order valence-electron chi connectivity index (χ0n) is 13.3. The van der Waals surface area contributed by atoms with E-state index in [4.69, 9.17) is 5.11 Å². The number of benzene rings is 1. The van der Waals surface area contributed by atoms with Crippen LogP contribution in [0.3, 0.4) is 0 Å². The van der Waals surface area contributed by atoms with Crippen LogP contribution < -0.4 is 0 Å². The average Bonchev–Trinajstić information content (AvgIpc) is 3.13. The van der Waals surface area contributed by atoms with Crippen molar-refractivity contribution in [2.75, 3.05) is 13.2 Å². The van der Waals surface area contributed by atoms with E-state index in [0.717, 1.165) is 31.6 Å². The summed E-state index contributed by atoms with van der Waals surface area (Å²) in [4.78, 5) is 2.55.